The van der Waals surface area contributed by atoms with Gasteiger partial charge < -0.3 is 10.6 Å². The molecular formula is C21H27N3O. The van der Waals surface area contributed by atoms with E-state index in [9.17, 15) is 4.79 Å². The summed E-state index contributed by atoms with van der Waals surface area (Å²) in [5.74, 6) is 0.144. The Kier molecular flexibility index (Phi) is 5.82. The number of nitrogens with one attached hydrogen (secondary N) is 2. The number of rotatable bonds is 6. The van der Waals surface area contributed by atoms with Crippen LogP contribution in [0.15, 0.2) is 48.8 Å². The predicted molar refractivity (Wildman–Crippen MR) is 101 cm³/mol. The van der Waals surface area contributed by atoms with Crippen LogP contribution in [-0.2, 0) is 11.2 Å². The van der Waals surface area contributed by atoms with Crippen LogP contribution < -0.4 is 10.6 Å². The Morgan fingerprint density at radius 1 is 1.20 bits per heavy atom. The van der Waals surface area contributed by atoms with Gasteiger partial charge in [0.15, 0.2) is 0 Å². The first-order chi connectivity index (χ1) is 12.2. The van der Waals surface area contributed by atoms with Crippen molar-refractivity contribution in [3.8, 4) is 11.1 Å². The number of benzene rings is 1. The molecule has 4 heteroatoms. The van der Waals surface area contributed by atoms with Crippen LogP contribution in [0.4, 0.5) is 0 Å². The molecule has 1 atom stereocenters. The lowest BCUT2D eigenvalue weighted by molar-refractivity contribution is -0.128. The molecule has 1 aromatic heterocycles. The number of carbonyl (C=O) groups is 1. The molecule has 1 aliphatic rings. The van der Waals surface area contributed by atoms with Crippen molar-refractivity contribution < 1.29 is 4.79 Å². The van der Waals surface area contributed by atoms with Crippen LogP contribution in [0.1, 0.15) is 38.2 Å². The minimum atomic E-state index is -0.469. The van der Waals surface area contributed by atoms with Crippen LogP contribution in [0.5, 0.6) is 0 Å². The number of pyridine rings is 1. The summed E-state index contributed by atoms with van der Waals surface area (Å²) in [6.07, 6.45) is 8.48. The van der Waals surface area contributed by atoms with Gasteiger partial charge in [0.25, 0.3) is 0 Å². The Morgan fingerprint density at radius 2 is 2.04 bits per heavy atom. The van der Waals surface area contributed by atoms with Gasteiger partial charge in [0, 0.05) is 18.9 Å². The van der Waals surface area contributed by atoms with E-state index in [1.54, 1.807) is 6.20 Å². The first-order valence-corrected chi connectivity index (χ1v) is 9.26. The van der Waals surface area contributed by atoms with E-state index in [2.05, 4.69) is 52.9 Å². The highest BCUT2D eigenvalue weighted by Crippen LogP contribution is 2.26. The Balaban J connectivity index is 1.76. The van der Waals surface area contributed by atoms with Crippen LogP contribution in [0.3, 0.4) is 0 Å². The maximum absolute atomic E-state index is 12.8. The first-order valence-electron chi connectivity index (χ1n) is 9.26. The van der Waals surface area contributed by atoms with Gasteiger partial charge in [0.1, 0.15) is 5.54 Å². The van der Waals surface area contributed by atoms with E-state index in [0.717, 1.165) is 56.3 Å². The van der Waals surface area contributed by atoms with Crippen molar-refractivity contribution in [1.29, 1.82) is 0 Å². The van der Waals surface area contributed by atoms with Crippen LogP contribution in [0, 0.1) is 0 Å². The van der Waals surface area contributed by atoms with E-state index in [1.165, 1.54) is 5.56 Å². The van der Waals surface area contributed by atoms with Crippen molar-refractivity contribution in [2.75, 3.05) is 13.1 Å². The molecule has 0 spiro atoms. The van der Waals surface area contributed by atoms with Crippen molar-refractivity contribution in [2.24, 2.45) is 0 Å². The number of carbonyl (C=O) groups excluding carboxylic acids is 1. The average Bonchev–Trinajstić information content (AvgIpc) is 2.68. The summed E-state index contributed by atoms with van der Waals surface area (Å²) in [7, 11) is 0. The van der Waals surface area contributed by atoms with Crippen LogP contribution in [0.25, 0.3) is 11.1 Å². The number of aromatic nitrogens is 1. The fourth-order valence-corrected chi connectivity index (χ4v) is 3.50. The molecule has 1 fully saturated rings. The van der Waals surface area contributed by atoms with Crippen molar-refractivity contribution in [3.63, 3.8) is 0 Å². The molecule has 1 saturated heterocycles. The quantitative estimate of drug-likeness (QED) is 0.850. The second kappa shape index (κ2) is 8.26. The Labute approximate surface area is 150 Å². The fourth-order valence-electron chi connectivity index (χ4n) is 3.50. The van der Waals surface area contributed by atoms with E-state index >= 15 is 0 Å². The van der Waals surface area contributed by atoms with Crippen molar-refractivity contribution in [2.45, 2.75) is 44.6 Å². The Bertz CT molecular complexity index is 676. The molecular weight excluding hydrogens is 310 g/mol. The molecule has 1 amide bonds. The number of hydrogen-bond donors (Lipinski definition) is 2. The zero-order valence-electron chi connectivity index (χ0n) is 14.9. The SMILES string of the molecule is CCCNC(=O)C1(Cc2ccc(-c3cccnc3)cc2)CCCCN1. The molecule has 3 rings (SSSR count). The summed E-state index contributed by atoms with van der Waals surface area (Å²) < 4.78 is 0. The molecule has 0 bridgehead atoms. The van der Waals surface area contributed by atoms with Crippen LogP contribution >= 0.6 is 0 Å². The third-order valence-corrected chi connectivity index (χ3v) is 4.92. The van der Waals surface area contributed by atoms with E-state index < -0.39 is 5.54 Å². The van der Waals surface area contributed by atoms with Gasteiger partial charge in [-0.05, 0) is 61.4 Å². The van der Waals surface area contributed by atoms with Gasteiger partial charge in [-0.2, -0.15) is 0 Å². The fraction of sp³-hybridized carbons (Fsp3) is 0.429. The van der Waals surface area contributed by atoms with Gasteiger partial charge >= 0.3 is 0 Å². The monoisotopic (exact) mass is 337 g/mol. The average molecular weight is 337 g/mol. The zero-order chi connectivity index (χ0) is 17.5. The maximum Gasteiger partial charge on any atom is 0.240 e. The normalized spacial score (nSPS) is 20.2. The van der Waals surface area contributed by atoms with Crippen molar-refractivity contribution in [3.05, 3.63) is 54.4 Å². The molecule has 1 unspecified atom stereocenters. The van der Waals surface area contributed by atoms with E-state index in [-0.39, 0.29) is 5.91 Å². The van der Waals surface area contributed by atoms with Crippen LogP contribution in [0.2, 0.25) is 0 Å². The molecule has 2 aromatic rings. The molecule has 132 valence electrons. The third kappa shape index (κ3) is 4.26. The zero-order valence-corrected chi connectivity index (χ0v) is 14.9. The number of nitrogens with zero attached hydrogens (tertiary/aromatic N) is 1. The second-order valence-electron chi connectivity index (χ2n) is 6.84. The molecule has 1 aromatic carbocycles. The minimum absolute atomic E-state index is 0.144. The molecule has 2 heterocycles. The summed E-state index contributed by atoms with van der Waals surface area (Å²) >= 11 is 0. The summed E-state index contributed by atoms with van der Waals surface area (Å²) in [5, 5.41) is 6.60. The topological polar surface area (TPSA) is 54.0 Å². The lowest BCUT2D eigenvalue weighted by atomic mass is 9.82. The third-order valence-electron chi connectivity index (χ3n) is 4.92. The number of piperidine rings is 1. The highest BCUT2D eigenvalue weighted by molar-refractivity contribution is 5.87. The highest BCUT2D eigenvalue weighted by Gasteiger charge is 2.39. The number of hydrogen-bond acceptors (Lipinski definition) is 3. The van der Waals surface area contributed by atoms with Gasteiger partial charge in [-0.15, -0.1) is 0 Å². The highest BCUT2D eigenvalue weighted by atomic mass is 16.2. The largest absolute Gasteiger partial charge is 0.354 e. The smallest absolute Gasteiger partial charge is 0.240 e. The van der Waals surface area contributed by atoms with E-state index in [0.29, 0.717) is 0 Å². The van der Waals surface area contributed by atoms with Gasteiger partial charge in [0.05, 0.1) is 0 Å². The standard InChI is InChI=1S/C21H27N3O/c1-2-12-23-20(25)21(11-3-4-14-24-21)15-17-7-9-18(10-8-17)19-6-5-13-22-16-19/h5-10,13,16,24H,2-4,11-12,14-15H2,1H3,(H,23,25). The van der Waals surface area contributed by atoms with Crippen molar-refractivity contribution in [1.82, 2.24) is 15.6 Å². The minimum Gasteiger partial charge on any atom is -0.354 e. The Morgan fingerprint density at radius 3 is 2.68 bits per heavy atom. The van der Waals surface area contributed by atoms with Gasteiger partial charge in [-0.25, -0.2) is 0 Å². The molecule has 0 radical (unpaired) electrons. The van der Waals surface area contributed by atoms with Gasteiger partial charge in [-0.1, -0.05) is 37.3 Å². The van der Waals surface area contributed by atoms with Crippen LogP contribution in [-0.4, -0.2) is 29.5 Å². The molecule has 0 saturated carbocycles. The molecule has 2 N–H and O–H groups in total. The summed E-state index contributed by atoms with van der Waals surface area (Å²) in [6, 6.07) is 12.5. The second-order valence-corrected chi connectivity index (χ2v) is 6.84. The number of amides is 1. The van der Waals surface area contributed by atoms with Gasteiger partial charge in [0.2, 0.25) is 5.91 Å². The lowest BCUT2D eigenvalue weighted by Crippen LogP contribution is -2.60. The lowest BCUT2D eigenvalue weighted by Gasteiger charge is -2.37. The van der Waals surface area contributed by atoms with E-state index in [4.69, 9.17) is 0 Å². The van der Waals surface area contributed by atoms with Gasteiger partial charge in [-0.3, -0.25) is 9.78 Å². The predicted octanol–water partition coefficient (Wildman–Crippen LogP) is 3.33. The Hall–Kier alpha value is -2.20. The molecule has 4 nitrogen and oxygen atoms in total. The van der Waals surface area contributed by atoms with E-state index in [1.807, 2.05) is 12.3 Å². The first kappa shape index (κ1) is 17.6. The maximum atomic E-state index is 12.8. The summed E-state index contributed by atoms with van der Waals surface area (Å²) in [4.78, 5) is 17.0. The molecule has 25 heavy (non-hydrogen) atoms. The molecule has 1 aliphatic heterocycles. The summed E-state index contributed by atoms with van der Waals surface area (Å²) in [6.45, 7) is 3.73. The molecule has 0 aliphatic carbocycles. The van der Waals surface area contributed by atoms with Crippen molar-refractivity contribution >= 4 is 5.91 Å². The summed E-state index contributed by atoms with van der Waals surface area (Å²) in [5.41, 5.74) is 2.98.